The first-order chi connectivity index (χ1) is 12.3. The van der Waals surface area contributed by atoms with Crippen LogP contribution in [0, 0.1) is 23.7 Å². The number of rotatable bonds is 4. The minimum Gasteiger partial charge on any atom is -0.456 e. The lowest BCUT2D eigenvalue weighted by Crippen LogP contribution is -2.47. The summed E-state index contributed by atoms with van der Waals surface area (Å²) in [6, 6.07) is 8.90. The number of benzene rings is 1. The number of amides is 2. The lowest BCUT2D eigenvalue weighted by atomic mass is 9.79. The quantitative estimate of drug-likeness (QED) is 0.772. The van der Waals surface area contributed by atoms with E-state index in [4.69, 9.17) is 9.47 Å². The molecule has 1 aromatic carbocycles. The highest BCUT2D eigenvalue weighted by Crippen LogP contribution is 2.44. The molecule has 2 amide bonds. The van der Waals surface area contributed by atoms with E-state index in [9.17, 15) is 14.4 Å². The van der Waals surface area contributed by atoms with Crippen LogP contribution in [0.3, 0.4) is 0 Å². The van der Waals surface area contributed by atoms with Crippen LogP contribution in [0.4, 0.5) is 4.79 Å². The molecule has 6 heteroatoms. The number of esters is 1. The van der Waals surface area contributed by atoms with Crippen LogP contribution in [0.15, 0.2) is 30.3 Å². The van der Waals surface area contributed by atoms with Crippen molar-refractivity contribution in [3.05, 3.63) is 35.9 Å². The Morgan fingerprint density at radius 2 is 1.73 bits per heavy atom. The first kappa shape index (κ1) is 18.4. The fraction of sp³-hybridized carbons (Fsp3) is 0.550. The van der Waals surface area contributed by atoms with Gasteiger partial charge >= 0.3 is 12.1 Å². The van der Waals surface area contributed by atoms with Gasteiger partial charge in [0.1, 0.15) is 12.7 Å². The molecule has 2 aliphatic rings. The topological polar surface area (TPSA) is 72.9 Å². The predicted molar refractivity (Wildman–Crippen MR) is 93.9 cm³/mol. The number of hydrogen-bond donors (Lipinski definition) is 0. The van der Waals surface area contributed by atoms with Crippen molar-refractivity contribution in [1.29, 1.82) is 0 Å². The highest BCUT2D eigenvalue weighted by Gasteiger charge is 2.54. The van der Waals surface area contributed by atoms with Crippen molar-refractivity contribution in [3.8, 4) is 0 Å². The highest BCUT2D eigenvalue weighted by atomic mass is 16.6. The normalized spacial score (nSPS) is 28.6. The summed E-state index contributed by atoms with van der Waals surface area (Å²) in [6.07, 6.45) is -1.33. The van der Waals surface area contributed by atoms with E-state index < -0.39 is 24.0 Å². The number of carbonyl (C=O) groups excluding carboxylic acids is 3. The average molecular weight is 359 g/mol. The van der Waals surface area contributed by atoms with Gasteiger partial charge < -0.3 is 9.47 Å². The van der Waals surface area contributed by atoms with Gasteiger partial charge in [-0.05, 0) is 17.4 Å². The van der Waals surface area contributed by atoms with E-state index in [1.54, 1.807) is 0 Å². The van der Waals surface area contributed by atoms with Crippen LogP contribution in [0.2, 0.25) is 0 Å². The minimum absolute atomic E-state index is 0.0658. The largest absolute Gasteiger partial charge is 0.456 e. The Kier molecular flexibility index (Phi) is 5.03. The van der Waals surface area contributed by atoms with Crippen molar-refractivity contribution in [1.82, 2.24) is 4.90 Å². The van der Waals surface area contributed by atoms with Gasteiger partial charge in [-0.25, -0.2) is 9.69 Å². The van der Waals surface area contributed by atoms with Crippen LogP contribution in [-0.4, -0.2) is 35.5 Å². The zero-order chi connectivity index (χ0) is 19.0. The van der Waals surface area contributed by atoms with Crippen LogP contribution < -0.4 is 0 Å². The number of carbonyl (C=O) groups is 3. The summed E-state index contributed by atoms with van der Waals surface area (Å²) in [5.41, 5.74) is 0.760. The lowest BCUT2D eigenvalue weighted by Gasteiger charge is -2.29. The van der Waals surface area contributed by atoms with Gasteiger partial charge in [-0.1, -0.05) is 58.0 Å². The second-order valence-corrected chi connectivity index (χ2v) is 7.66. The first-order valence-corrected chi connectivity index (χ1v) is 9.08. The third-order valence-corrected chi connectivity index (χ3v) is 5.27. The van der Waals surface area contributed by atoms with Crippen LogP contribution >= 0.6 is 0 Å². The number of hydrogen-bond acceptors (Lipinski definition) is 5. The smallest absolute Gasteiger partial charge is 0.416 e. The maximum Gasteiger partial charge on any atom is 0.416 e. The maximum absolute atomic E-state index is 13.4. The Bertz CT molecular complexity index is 699. The summed E-state index contributed by atoms with van der Waals surface area (Å²) >= 11 is 0. The summed E-state index contributed by atoms with van der Waals surface area (Å²) in [5, 5.41) is 0. The van der Waals surface area contributed by atoms with Crippen molar-refractivity contribution < 1.29 is 23.9 Å². The molecule has 4 atom stereocenters. The maximum atomic E-state index is 13.4. The van der Waals surface area contributed by atoms with E-state index in [0.717, 1.165) is 5.56 Å². The van der Waals surface area contributed by atoms with E-state index in [2.05, 4.69) is 0 Å². The molecule has 6 nitrogen and oxygen atoms in total. The van der Waals surface area contributed by atoms with Crippen LogP contribution in [0.25, 0.3) is 0 Å². The fourth-order valence-corrected chi connectivity index (χ4v) is 3.84. The zero-order valence-corrected chi connectivity index (χ0v) is 15.5. The molecule has 2 aliphatic heterocycles. The summed E-state index contributed by atoms with van der Waals surface area (Å²) in [5.74, 6) is -2.12. The Hall–Kier alpha value is -2.37. The van der Waals surface area contributed by atoms with Crippen molar-refractivity contribution in [2.24, 2.45) is 23.7 Å². The van der Waals surface area contributed by atoms with Gasteiger partial charge in [0.25, 0.3) is 0 Å². The van der Waals surface area contributed by atoms with Gasteiger partial charge in [-0.15, -0.1) is 0 Å². The van der Waals surface area contributed by atoms with Crippen molar-refractivity contribution in [3.63, 3.8) is 0 Å². The van der Waals surface area contributed by atoms with Gasteiger partial charge in [0.05, 0.1) is 17.9 Å². The molecule has 2 saturated heterocycles. The van der Waals surface area contributed by atoms with E-state index in [-0.39, 0.29) is 36.4 Å². The van der Waals surface area contributed by atoms with Crippen LogP contribution in [-0.2, 0) is 19.1 Å². The van der Waals surface area contributed by atoms with Gasteiger partial charge in [-0.3, -0.25) is 9.59 Å². The van der Waals surface area contributed by atoms with E-state index in [1.165, 1.54) is 4.90 Å². The minimum atomic E-state index is -0.739. The second-order valence-electron chi connectivity index (χ2n) is 7.66. The van der Waals surface area contributed by atoms with E-state index in [0.29, 0.717) is 0 Å². The summed E-state index contributed by atoms with van der Waals surface area (Å²) < 4.78 is 10.7. The molecule has 3 rings (SSSR count). The Morgan fingerprint density at radius 1 is 1.08 bits per heavy atom. The first-order valence-electron chi connectivity index (χ1n) is 9.08. The Balaban J connectivity index is 2.00. The standard InChI is InChI=1S/C20H25NO5/c1-11(2)14-10-25-20(24)21(14)18(22)16-15(12(3)4)19(23)26-17(16)13-8-6-5-7-9-13/h5-9,11-12,14-17H,10H2,1-4H3/t14-,15-,16+,17+/m1/s1. The molecule has 0 spiro atoms. The predicted octanol–water partition coefficient (Wildman–Crippen LogP) is 3.18. The number of imide groups is 1. The Morgan fingerprint density at radius 3 is 2.31 bits per heavy atom. The van der Waals surface area contributed by atoms with Crippen LogP contribution in [0.5, 0.6) is 0 Å². The van der Waals surface area contributed by atoms with Crippen LogP contribution in [0.1, 0.15) is 39.4 Å². The monoisotopic (exact) mass is 359 g/mol. The molecule has 1 aromatic rings. The number of nitrogens with zero attached hydrogens (tertiary/aromatic N) is 1. The summed E-state index contributed by atoms with van der Waals surface area (Å²) in [6.45, 7) is 7.85. The average Bonchev–Trinajstić information content (AvgIpc) is 3.15. The summed E-state index contributed by atoms with van der Waals surface area (Å²) in [7, 11) is 0. The molecule has 0 aromatic heterocycles. The molecular formula is C20H25NO5. The van der Waals surface area contributed by atoms with Crippen molar-refractivity contribution in [2.45, 2.75) is 39.8 Å². The molecule has 0 N–H and O–H groups in total. The fourth-order valence-electron chi connectivity index (χ4n) is 3.84. The zero-order valence-electron chi connectivity index (χ0n) is 15.5. The molecule has 0 unspecified atom stereocenters. The molecule has 26 heavy (non-hydrogen) atoms. The number of cyclic esters (lactones) is 2. The number of ether oxygens (including phenoxy) is 2. The molecule has 0 bridgehead atoms. The van der Waals surface area contributed by atoms with Gasteiger partial charge in [0.2, 0.25) is 5.91 Å². The van der Waals surface area contributed by atoms with Gasteiger partial charge in [0.15, 0.2) is 0 Å². The second kappa shape index (κ2) is 7.09. The molecule has 0 aliphatic carbocycles. The molecule has 2 fully saturated rings. The molecule has 2 heterocycles. The van der Waals surface area contributed by atoms with Crippen molar-refractivity contribution >= 4 is 18.0 Å². The van der Waals surface area contributed by atoms with Gasteiger partial charge in [-0.2, -0.15) is 0 Å². The van der Waals surface area contributed by atoms with E-state index >= 15 is 0 Å². The molecule has 0 radical (unpaired) electrons. The third-order valence-electron chi connectivity index (χ3n) is 5.27. The van der Waals surface area contributed by atoms with Gasteiger partial charge in [0, 0.05) is 0 Å². The summed E-state index contributed by atoms with van der Waals surface area (Å²) in [4.78, 5) is 39.4. The van der Waals surface area contributed by atoms with E-state index in [1.807, 2.05) is 58.0 Å². The molecule has 0 saturated carbocycles. The molecular weight excluding hydrogens is 334 g/mol. The Labute approximate surface area is 153 Å². The highest BCUT2D eigenvalue weighted by molar-refractivity contribution is 5.98. The molecule has 140 valence electrons. The van der Waals surface area contributed by atoms with Crippen molar-refractivity contribution in [2.75, 3.05) is 6.61 Å². The third kappa shape index (κ3) is 3.08. The lowest BCUT2D eigenvalue weighted by molar-refractivity contribution is -0.145. The SMILES string of the molecule is CC(C)[C@H]1C(=O)O[C@@H](c2ccccc2)[C@H]1C(=O)N1C(=O)OC[C@@H]1C(C)C.